The molecule has 0 radical (unpaired) electrons. The van der Waals surface area contributed by atoms with E-state index in [1.807, 2.05) is 13.0 Å². The molecule has 1 aromatic heterocycles. The van der Waals surface area contributed by atoms with Crippen molar-refractivity contribution in [3.63, 3.8) is 0 Å². The van der Waals surface area contributed by atoms with Crippen molar-refractivity contribution in [2.45, 2.75) is 39.8 Å². The summed E-state index contributed by atoms with van der Waals surface area (Å²) >= 11 is 0. The van der Waals surface area contributed by atoms with E-state index < -0.39 is 11.7 Å². The Hall–Kier alpha value is -1.91. The number of rotatable bonds is 3. The third-order valence-corrected chi connectivity index (χ3v) is 1.98. The highest BCUT2D eigenvalue weighted by Gasteiger charge is 2.15. The third kappa shape index (κ3) is 4.95. The van der Waals surface area contributed by atoms with Gasteiger partial charge in [-0.1, -0.05) is 0 Å². The van der Waals surface area contributed by atoms with E-state index in [9.17, 15) is 9.59 Å². The van der Waals surface area contributed by atoms with Crippen molar-refractivity contribution < 1.29 is 14.3 Å². The summed E-state index contributed by atoms with van der Waals surface area (Å²) in [5.74, 6) is 0. The fraction of sp³-hybridized carbons (Fsp3) is 0.462. The Bertz CT molecular complexity index is 450. The van der Waals surface area contributed by atoms with Gasteiger partial charge in [0, 0.05) is 0 Å². The molecule has 0 fully saturated rings. The molecule has 5 nitrogen and oxygen atoms in total. The molecule has 1 aromatic rings. The van der Waals surface area contributed by atoms with Gasteiger partial charge in [0.2, 0.25) is 0 Å². The van der Waals surface area contributed by atoms with E-state index in [2.05, 4.69) is 10.3 Å². The molecule has 98 valence electrons. The molecule has 1 N–H and O–H groups in total. The molecular weight excluding hydrogens is 232 g/mol. The Labute approximate surface area is 107 Å². The molecule has 1 rings (SSSR count). The summed E-state index contributed by atoms with van der Waals surface area (Å²) in [5.41, 5.74) is 1.38. The van der Waals surface area contributed by atoms with Gasteiger partial charge in [-0.3, -0.25) is 4.79 Å². The molecule has 0 saturated heterocycles. The highest BCUT2D eigenvalue weighted by atomic mass is 16.6. The zero-order valence-electron chi connectivity index (χ0n) is 11.1. The maximum absolute atomic E-state index is 11.4. The number of hydrogen-bond donors (Lipinski definition) is 1. The van der Waals surface area contributed by atoms with Crippen LogP contribution in [-0.4, -0.2) is 23.0 Å². The van der Waals surface area contributed by atoms with Crippen molar-refractivity contribution in [2.24, 2.45) is 0 Å². The molecule has 0 saturated carbocycles. The normalized spacial score (nSPS) is 10.9. The first-order chi connectivity index (χ1) is 8.30. The molecular formula is C13H18N2O3. The van der Waals surface area contributed by atoms with Crippen molar-refractivity contribution in [3.8, 4) is 0 Å². The highest BCUT2D eigenvalue weighted by Crippen LogP contribution is 2.07. The summed E-state index contributed by atoms with van der Waals surface area (Å²) in [6.45, 7) is 7.48. The van der Waals surface area contributed by atoms with Gasteiger partial charge < -0.3 is 10.1 Å². The smallest absolute Gasteiger partial charge is 0.407 e. The van der Waals surface area contributed by atoms with Crippen molar-refractivity contribution in [3.05, 3.63) is 29.1 Å². The van der Waals surface area contributed by atoms with Crippen LogP contribution in [0.4, 0.5) is 4.79 Å². The molecule has 0 aliphatic rings. The fourth-order valence-electron chi connectivity index (χ4n) is 1.40. The number of hydrogen-bond acceptors (Lipinski definition) is 4. The van der Waals surface area contributed by atoms with E-state index in [0.717, 1.165) is 5.56 Å². The maximum atomic E-state index is 11.4. The number of nitrogens with one attached hydrogen (secondary N) is 1. The van der Waals surface area contributed by atoms with Crippen LogP contribution >= 0.6 is 0 Å². The maximum Gasteiger partial charge on any atom is 0.407 e. The van der Waals surface area contributed by atoms with Crippen LogP contribution in [-0.2, 0) is 11.3 Å². The molecule has 1 heterocycles. The number of pyridine rings is 1. The molecule has 18 heavy (non-hydrogen) atoms. The number of carbonyl (C=O) groups excluding carboxylic acids is 2. The van der Waals surface area contributed by atoms with Crippen molar-refractivity contribution >= 4 is 12.4 Å². The van der Waals surface area contributed by atoms with E-state index in [-0.39, 0.29) is 6.54 Å². The highest BCUT2D eigenvalue weighted by molar-refractivity contribution is 5.72. The van der Waals surface area contributed by atoms with Crippen molar-refractivity contribution in [1.29, 1.82) is 0 Å². The largest absolute Gasteiger partial charge is 0.444 e. The molecule has 0 atom stereocenters. The molecule has 0 bridgehead atoms. The van der Waals surface area contributed by atoms with Gasteiger partial charge >= 0.3 is 6.09 Å². The Balaban J connectivity index is 2.61. The van der Waals surface area contributed by atoms with Gasteiger partial charge in [0.1, 0.15) is 11.3 Å². The Morgan fingerprint density at radius 2 is 2.11 bits per heavy atom. The average Bonchev–Trinajstić information content (AvgIpc) is 2.23. The second kappa shape index (κ2) is 5.62. The Kier molecular flexibility index (Phi) is 4.42. The van der Waals surface area contributed by atoms with Crippen LogP contribution in [0.3, 0.4) is 0 Å². The van der Waals surface area contributed by atoms with Crippen LogP contribution in [0.15, 0.2) is 12.1 Å². The van der Waals surface area contributed by atoms with E-state index in [1.54, 1.807) is 26.8 Å². The summed E-state index contributed by atoms with van der Waals surface area (Å²) in [4.78, 5) is 26.2. The third-order valence-electron chi connectivity index (χ3n) is 1.98. The minimum atomic E-state index is -0.530. The van der Waals surface area contributed by atoms with Crippen molar-refractivity contribution in [1.82, 2.24) is 10.3 Å². The molecule has 0 spiro atoms. The molecule has 0 unspecified atom stereocenters. The van der Waals surface area contributed by atoms with Crippen LogP contribution in [0.2, 0.25) is 0 Å². The number of carbonyl (C=O) groups is 2. The van der Waals surface area contributed by atoms with E-state index in [0.29, 0.717) is 17.7 Å². The fourth-order valence-corrected chi connectivity index (χ4v) is 1.40. The van der Waals surface area contributed by atoms with Gasteiger partial charge in [0.05, 0.1) is 12.2 Å². The van der Waals surface area contributed by atoms with Crippen LogP contribution in [0.5, 0.6) is 0 Å². The lowest BCUT2D eigenvalue weighted by molar-refractivity contribution is 0.0523. The van der Waals surface area contributed by atoms with Gasteiger partial charge in [0.25, 0.3) is 0 Å². The minimum absolute atomic E-state index is 0.234. The second-order valence-electron chi connectivity index (χ2n) is 5.03. The lowest BCUT2D eigenvalue weighted by Gasteiger charge is -2.19. The molecule has 0 aliphatic heterocycles. The van der Waals surface area contributed by atoms with Crippen LogP contribution < -0.4 is 5.32 Å². The Morgan fingerprint density at radius 1 is 1.44 bits per heavy atom. The van der Waals surface area contributed by atoms with Crippen molar-refractivity contribution in [2.75, 3.05) is 0 Å². The van der Waals surface area contributed by atoms with E-state index in [1.165, 1.54) is 0 Å². The topological polar surface area (TPSA) is 68.3 Å². The second-order valence-corrected chi connectivity index (χ2v) is 5.03. The van der Waals surface area contributed by atoms with Crippen LogP contribution in [0, 0.1) is 6.92 Å². The first-order valence-electron chi connectivity index (χ1n) is 5.70. The number of aromatic nitrogens is 1. The predicted octanol–water partition coefficient (Wildman–Crippen LogP) is 2.23. The number of amides is 1. The average molecular weight is 250 g/mol. The number of alkyl carbamates (subject to hydrolysis) is 1. The SMILES string of the molecule is Cc1cc(C=O)nc(CNC(=O)OC(C)(C)C)c1. The molecule has 5 heteroatoms. The summed E-state index contributed by atoms with van der Waals surface area (Å²) < 4.78 is 5.10. The van der Waals surface area contributed by atoms with Crippen LogP contribution in [0.1, 0.15) is 42.5 Å². The predicted molar refractivity (Wildman–Crippen MR) is 67.4 cm³/mol. The summed E-state index contributed by atoms with van der Waals surface area (Å²) in [6.07, 6.45) is 0.183. The minimum Gasteiger partial charge on any atom is -0.444 e. The summed E-state index contributed by atoms with van der Waals surface area (Å²) in [7, 11) is 0. The zero-order valence-corrected chi connectivity index (χ0v) is 11.1. The standard InChI is InChI=1S/C13H18N2O3/c1-9-5-10(15-11(6-9)8-16)7-14-12(17)18-13(2,3)4/h5-6,8H,7H2,1-4H3,(H,14,17). The zero-order chi connectivity index (χ0) is 13.8. The quantitative estimate of drug-likeness (QED) is 0.835. The van der Waals surface area contributed by atoms with Gasteiger partial charge in [-0.05, 0) is 45.4 Å². The lowest BCUT2D eigenvalue weighted by Crippen LogP contribution is -2.32. The molecule has 1 amide bonds. The number of aldehydes is 1. The van der Waals surface area contributed by atoms with Gasteiger partial charge in [-0.15, -0.1) is 0 Å². The number of aryl methyl sites for hydroxylation is 1. The van der Waals surface area contributed by atoms with E-state index in [4.69, 9.17) is 4.74 Å². The Morgan fingerprint density at radius 3 is 2.67 bits per heavy atom. The first-order valence-corrected chi connectivity index (χ1v) is 5.70. The lowest BCUT2D eigenvalue weighted by atomic mass is 10.2. The van der Waals surface area contributed by atoms with Crippen LogP contribution in [0.25, 0.3) is 0 Å². The van der Waals surface area contributed by atoms with Gasteiger partial charge in [-0.25, -0.2) is 9.78 Å². The monoisotopic (exact) mass is 250 g/mol. The number of ether oxygens (including phenoxy) is 1. The molecule has 0 aliphatic carbocycles. The molecule has 0 aromatic carbocycles. The van der Waals surface area contributed by atoms with Gasteiger partial charge in [0.15, 0.2) is 6.29 Å². The first kappa shape index (κ1) is 14.2. The van der Waals surface area contributed by atoms with E-state index >= 15 is 0 Å². The summed E-state index contributed by atoms with van der Waals surface area (Å²) in [6, 6.07) is 3.49. The van der Waals surface area contributed by atoms with Gasteiger partial charge in [-0.2, -0.15) is 0 Å². The number of nitrogens with zero attached hydrogens (tertiary/aromatic N) is 1. The summed E-state index contributed by atoms with van der Waals surface area (Å²) in [5, 5.41) is 2.59.